The van der Waals surface area contributed by atoms with E-state index in [1.807, 2.05) is 45.0 Å². The van der Waals surface area contributed by atoms with Crippen molar-refractivity contribution in [2.24, 2.45) is 5.73 Å². The Labute approximate surface area is 126 Å². The fourth-order valence-corrected chi connectivity index (χ4v) is 2.51. The lowest BCUT2D eigenvalue weighted by Gasteiger charge is -2.24. The summed E-state index contributed by atoms with van der Waals surface area (Å²) in [7, 11) is 1.64. The van der Waals surface area contributed by atoms with Gasteiger partial charge in [-0.2, -0.15) is 0 Å². The second-order valence-electron chi connectivity index (χ2n) is 6.43. The summed E-state index contributed by atoms with van der Waals surface area (Å²) < 4.78 is 10.6. The zero-order valence-corrected chi connectivity index (χ0v) is 13.1. The number of nitrogens with two attached hydrogens (primary N) is 1. The van der Waals surface area contributed by atoms with Gasteiger partial charge in [-0.05, 0) is 38.5 Å². The van der Waals surface area contributed by atoms with Crippen molar-refractivity contribution in [2.75, 3.05) is 20.2 Å². The second-order valence-corrected chi connectivity index (χ2v) is 6.43. The molecule has 1 aromatic rings. The quantitative estimate of drug-likeness (QED) is 0.909. The zero-order valence-electron chi connectivity index (χ0n) is 13.1. The number of methoxy groups -OCH3 is 1. The maximum absolute atomic E-state index is 12.1. The summed E-state index contributed by atoms with van der Waals surface area (Å²) in [5.41, 5.74) is 6.83. The van der Waals surface area contributed by atoms with E-state index in [1.54, 1.807) is 12.0 Å². The molecule has 1 fully saturated rings. The van der Waals surface area contributed by atoms with Gasteiger partial charge in [0.15, 0.2) is 0 Å². The monoisotopic (exact) mass is 292 g/mol. The summed E-state index contributed by atoms with van der Waals surface area (Å²) in [6, 6.07) is 7.76. The van der Waals surface area contributed by atoms with Crippen LogP contribution in [0.1, 0.15) is 32.3 Å². The van der Waals surface area contributed by atoms with Gasteiger partial charge >= 0.3 is 6.09 Å². The van der Waals surface area contributed by atoms with Crippen LogP contribution in [0.25, 0.3) is 0 Å². The van der Waals surface area contributed by atoms with Gasteiger partial charge in [0.05, 0.1) is 7.11 Å². The van der Waals surface area contributed by atoms with Gasteiger partial charge in [0.2, 0.25) is 0 Å². The number of ether oxygens (including phenoxy) is 2. The fourth-order valence-electron chi connectivity index (χ4n) is 2.51. The molecule has 1 saturated heterocycles. The molecule has 0 aromatic heterocycles. The molecule has 2 unspecified atom stereocenters. The van der Waals surface area contributed by atoms with Crippen LogP contribution in [0.15, 0.2) is 24.3 Å². The van der Waals surface area contributed by atoms with Crippen molar-refractivity contribution in [1.82, 2.24) is 4.90 Å². The average molecular weight is 292 g/mol. The number of carbonyl (C=O) groups is 1. The van der Waals surface area contributed by atoms with Crippen molar-refractivity contribution < 1.29 is 14.3 Å². The molecular weight excluding hydrogens is 268 g/mol. The average Bonchev–Trinajstić information content (AvgIpc) is 2.79. The molecule has 5 heteroatoms. The van der Waals surface area contributed by atoms with Gasteiger partial charge in [0.1, 0.15) is 11.4 Å². The van der Waals surface area contributed by atoms with E-state index in [-0.39, 0.29) is 18.1 Å². The summed E-state index contributed by atoms with van der Waals surface area (Å²) in [6.45, 7) is 6.69. The summed E-state index contributed by atoms with van der Waals surface area (Å²) in [6.07, 6.45) is -0.297. The molecule has 0 bridgehead atoms. The highest BCUT2D eigenvalue weighted by molar-refractivity contribution is 5.69. The van der Waals surface area contributed by atoms with Gasteiger partial charge in [-0.15, -0.1) is 0 Å². The van der Waals surface area contributed by atoms with Crippen LogP contribution in [-0.2, 0) is 4.74 Å². The minimum atomic E-state index is -0.487. The Morgan fingerprint density at radius 3 is 2.38 bits per heavy atom. The first-order valence-corrected chi connectivity index (χ1v) is 7.17. The highest BCUT2D eigenvalue weighted by Crippen LogP contribution is 2.28. The standard InChI is InChI=1S/C16H24N2O3/c1-16(2,3)21-15(19)18-9-13(14(17)10-18)11-5-7-12(20-4)8-6-11/h5-8,13-14H,9-10,17H2,1-4H3. The minimum Gasteiger partial charge on any atom is -0.497 e. The number of amides is 1. The number of likely N-dealkylation sites (tertiary alicyclic amines) is 1. The summed E-state index contributed by atoms with van der Waals surface area (Å²) in [5.74, 6) is 0.942. The van der Waals surface area contributed by atoms with Gasteiger partial charge < -0.3 is 20.1 Å². The molecule has 1 aliphatic heterocycles. The molecule has 1 heterocycles. The normalized spacial score (nSPS) is 22.2. The number of rotatable bonds is 2. The third kappa shape index (κ3) is 3.88. The van der Waals surface area contributed by atoms with Crippen LogP contribution in [0.5, 0.6) is 5.75 Å². The lowest BCUT2D eigenvalue weighted by atomic mass is 9.95. The minimum absolute atomic E-state index is 0.0779. The Morgan fingerprint density at radius 2 is 1.86 bits per heavy atom. The molecule has 0 saturated carbocycles. The van der Waals surface area contributed by atoms with Crippen molar-refractivity contribution in [3.05, 3.63) is 29.8 Å². The fraction of sp³-hybridized carbons (Fsp3) is 0.562. The number of carbonyl (C=O) groups excluding carboxylic acids is 1. The van der Waals surface area contributed by atoms with E-state index in [4.69, 9.17) is 15.2 Å². The van der Waals surface area contributed by atoms with Crippen molar-refractivity contribution >= 4 is 6.09 Å². The molecule has 0 radical (unpaired) electrons. The summed E-state index contributed by atoms with van der Waals surface area (Å²) >= 11 is 0. The SMILES string of the molecule is COc1ccc(C2CN(C(=O)OC(C)(C)C)CC2N)cc1. The Bertz CT molecular complexity index is 493. The number of benzene rings is 1. The van der Waals surface area contributed by atoms with Crippen molar-refractivity contribution in [3.8, 4) is 5.75 Å². The molecule has 5 nitrogen and oxygen atoms in total. The molecule has 2 rings (SSSR count). The maximum atomic E-state index is 12.1. The molecule has 2 atom stereocenters. The number of hydrogen-bond acceptors (Lipinski definition) is 4. The van der Waals surface area contributed by atoms with Gasteiger partial charge in [-0.3, -0.25) is 0 Å². The third-order valence-corrected chi connectivity index (χ3v) is 3.56. The molecule has 21 heavy (non-hydrogen) atoms. The predicted octanol–water partition coefficient (Wildman–Crippen LogP) is 2.36. The van der Waals surface area contributed by atoms with E-state index in [0.717, 1.165) is 11.3 Å². The van der Waals surface area contributed by atoms with E-state index < -0.39 is 5.60 Å². The Morgan fingerprint density at radius 1 is 1.24 bits per heavy atom. The Kier molecular flexibility index (Phi) is 4.42. The molecule has 0 aliphatic carbocycles. The number of nitrogens with zero attached hydrogens (tertiary/aromatic N) is 1. The first kappa shape index (κ1) is 15.6. The van der Waals surface area contributed by atoms with Crippen LogP contribution < -0.4 is 10.5 Å². The van der Waals surface area contributed by atoms with Crippen LogP contribution >= 0.6 is 0 Å². The molecule has 0 spiro atoms. The van der Waals surface area contributed by atoms with Gasteiger partial charge in [-0.1, -0.05) is 12.1 Å². The molecule has 2 N–H and O–H groups in total. The third-order valence-electron chi connectivity index (χ3n) is 3.56. The Balaban J connectivity index is 2.05. The van der Waals surface area contributed by atoms with Crippen LogP contribution in [0.4, 0.5) is 4.79 Å². The number of hydrogen-bond donors (Lipinski definition) is 1. The van der Waals surface area contributed by atoms with Crippen LogP contribution in [0, 0.1) is 0 Å². The van der Waals surface area contributed by atoms with Crippen LogP contribution in [0.3, 0.4) is 0 Å². The lowest BCUT2D eigenvalue weighted by molar-refractivity contribution is 0.0290. The molecule has 1 aliphatic rings. The van der Waals surface area contributed by atoms with Crippen molar-refractivity contribution in [3.63, 3.8) is 0 Å². The Hall–Kier alpha value is -1.75. The molecule has 116 valence electrons. The van der Waals surface area contributed by atoms with E-state index >= 15 is 0 Å². The summed E-state index contributed by atoms with van der Waals surface area (Å²) in [5, 5.41) is 0. The first-order valence-electron chi connectivity index (χ1n) is 7.17. The lowest BCUT2D eigenvalue weighted by Crippen LogP contribution is -2.36. The van der Waals surface area contributed by atoms with E-state index in [2.05, 4.69) is 0 Å². The smallest absolute Gasteiger partial charge is 0.410 e. The van der Waals surface area contributed by atoms with Gasteiger partial charge in [0.25, 0.3) is 0 Å². The van der Waals surface area contributed by atoms with E-state index in [0.29, 0.717) is 13.1 Å². The molecule has 1 amide bonds. The zero-order chi connectivity index (χ0) is 15.6. The predicted molar refractivity (Wildman–Crippen MR) is 81.5 cm³/mol. The maximum Gasteiger partial charge on any atom is 0.410 e. The largest absolute Gasteiger partial charge is 0.497 e. The van der Waals surface area contributed by atoms with Gasteiger partial charge in [-0.25, -0.2) is 4.79 Å². The highest BCUT2D eigenvalue weighted by atomic mass is 16.6. The van der Waals surface area contributed by atoms with E-state index in [9.17, 15) is 4.79 Å². The van der Waals surface area contributed by atoms with Gasteiger partial charge in [0, 0.05) is 25.0 Å². The van der Waals surface area contributed by atoms with Crippen LogP contribution in [-0.4, -0.2) is 42.8 Å². The highest BCUT2D eigenvalue weighted by Gasteiger charge is 2.35. The van der Waals surface area contributed by atoms with E-state index in [1.165, 1.54) is 0 Å². The molecule has 1 aromatic carbocycles. The first-order chi connectivity index (χ1) is 9.80. The summed E-state index contributed by atoms with van der Waals surface area (Å²) in [4.78, 5) is 13.8. The van der Waals surface area contributed by atoms with Crippen molar-refractivity contribution in [1.29, 1.82) is 0 Å². The topological polar surface area (TPSA) is 64.8 Å². The second kappa shape index (κ2) is 5.93. The van der Waals surface area contributed by atoms with Crippen molar-refractivity contribution in [2.45, 2.75) is 38.3 Å². The molecular formula is C16H24N2O3. The van der Waals surface area contributed by atoms with Crippen LogP contribution in [0.2, 0.25) is 0 Å².